The van der Waals surface area contributed by atoms with Crippen molar-refractivity contribution >= 4 is 23.5 Å². The Morgan fingerprint density at radius 3 is 2.80 bits per heavy atom. The van der Waals surface area contributed by atoms with Gasteiger partial charge in [0.25, 0.3) is 5.56 Å². The molecule has 1 aliphatic carbocycles. The van der Waals surface area contributed by atoms with E-state index >= 15 is 0 Å². The molecule has 5 heteroatoms. The Kier molecular flexibility index (Phi) is 4.46. The second kappa shape index (κ2) is 6.14. The molecule has 0 bridgehead atoms. The average Bonchev–Trinajstić information content (AvgIpc) is 2.81. The molecule has 1 atom stereocenters. The van der Waals surface area contributed by atoms with E-state index in [1.165, 1.54) is 19.3 Å². The van der Waals surface area contributed by atoms with Crippen LogP contribution in [0.2, 0.25) is 0 Å². The molecule has 0 aromatic carbocycles. The van der Waals surface area contributed by atoms with Gasteiger partial charge in [-0.15, -0.1) is 11.8 Å². The summed E-state index contributed by atoms with van der Waals surface area (Å²) in [6.07, 6.45) is 7.02. The molecule has 110 valence electrons. The molecule has 0 radical (unpaired) electrons. The molecule has 2 aliphatic rings. The second-order valence-corrected chi connectivity index (χ2v) is 8.38. The van der Waals surface area contributed by atoms with Gasteiger partial charge in [-0.25, -0.2) is 4.98 Å². The summed E-state index contributed by atoms with van der Waals surface area (Å²) >= 11 is 3.44. The van der Waals surface area contributed by atoms with Gasteiger partial charge in [0, 0.05) is 17.7 Å². The third-order valence-corrected chi connectivity index (χ3v) is 6.17. The van der Waals surface area contributed by atoms with E-state index in [-0.39, 0.29) is 5.56 Å². The first-order valence-electron chi connectivity index (χ1n) is 7.65. The zero-order chi connectivity index (χ0) is 14.1. The molecule has 1 unspecified atom stereocenters. The monoisotopic (exact) mass is 310 g/mol. The summed E-state index contributed by atoms with van der Waals surface area (Å²) in [6.45, 7) is 4.32. The number of fused-ring (bicyclic) bond motifs is 1. The quantitative estimate of drug-likeness (QED) is 0.626. The molecule has 0 amide bonds. The minimum absolute atomic E-state index is 0.229. The largest absolute Gasteiger partial charge is 0.284 e. The predicted molar refractivity (Wildman–Crippen MR) is 86.0 cm³/mol. The van der Waals surface area contributed by atoms with Crippen LogP contribution in [0.1, 0.15) is 57.7 Å². The van der Waals surface area contributed by atoms with Crippen molar-refractivity contribution in [3.8, 4) is 0 Å². The first-order valence-corrected chi connectivity index (χ1v) is 9.52. The van der Waals surface area contributed by atoms with Gasteiger partial charge in [-0.3, -0.25) is 9.36 Å². The summed E-state index contributed by atoms with van der Waals surface area (Å²) < 4.78 is 2.02. The lowest BCUT2D eigenvalue weighted by molar-refractivity contribution is 0.320. The van der Waals surface area contributed by atoms with Gasteiger partial charge in [0.05, 0.1) is 10.6 Å². The number of nitrogens with zero attached hydrogens (tertiary/aromatic N) is 2. The van der Waals surface area contributed by atoms with Gasteiger partial charge in [-0.2, -0.15) is 0 Å². The lowest BCUT2D eigenvalue weighted by Gasteiger charge is -2.26. The topological polar surface area (TPSA) is 34.9 Å². The van der Waals surface area contributed by atoms with Gasteiger partial charge >= 0.3 is 0 Å². The zero-order valence-corrected chi connectivity index (χ0v) is 13.9. The fraction of sp³-hybridized carbons (Fsp3) is 0.733. The summed E-state index contributed by atoms with van der Waals surface area (Å²) in [5.74, 6) is 0.973. The van der Waals surface area contributed by atoms with Crippen LogP contribution in [0.25, 0.3) is 0 Å². The maximum Gasteiger partial charge on any atom is 0.268 e. The van der Waals surface area contributed by atoms with Crippen LogP contribution in [0.5, 0.6) is 0 Å². The van der Waals surface area contributed by atoms with Crippen molar-refractivity contribution in [1.29, 1.82) is 0 Å². The van der Waals surface area contributed by atoms with E-state index in [2.05, 4.69) is 13.8 Å². The first-order chi connectivity index (χ1) is 9.70. The van der Waals surface area contributed by atoms with Crippen LogP contribution in [-0.4, -0.2) is 20.6 Å². The molecule has 1 aromatic heterocycles. The van der Waals surface area contributed by atoms with Crippen molar-refractivity contribution in [2.24, 2.45) is 0 Å². The molecule has 1 saturated carbocycles. The van der Waals surface area contributed by atoms with E-state index in [1.807, 2.05) is 4.57 Å². The molecular formula is C15H22N2OS2. The molecule has 20 heavy (non-hydrogen) atoms. The maximum absolute atomic E-state index is 12.9. The average molecular weight is 310 g/mol. The minimum atomic E-state index is 0.229. The van der Waals surface area contributed by atoms with Crippen LogP contribution < -0.4 is 5.56 Å². The van der Waals surface area contributed by atoms with E-state index in [9.17, 15) is 4.79 Å². The summed E-state index contributed by atoms with van der Waals surface area (Å²) in [7, 11) is 0. The van der Waals surface area contributed by atoms with E-state index < -0.39 is 0 Å². The van der Waals surface area contributed by atoms with Gasteiger partial charge in [-0.05, 0) is 18.6 Å². The third-order valence-electron chi connectivity index (χ3n) is 4.12. The Labute approximate surface area is 128 Å². The maximum atomic E-state index is 12.9. The first kappa shape index (κ1) is 14.5. The molecule has 1 fully saturated rings. The Bertz CT molecular complexity index is 550. The molecular weight excluding hydrogens is 288 g/mol. The van der Waals surface area contributed by atoms with Crippen molar-refractivity contribution < 1.29 is 0 Å². The molecule has 0 spiro atoms. The van der Waals surface area contributed by atoms with Crippen LogP contribution in [0.4, 0.5) is 0 Å². The SMILES string of the molecule is CCSc1nc2c(c(=O)n1C1CCCCC1)SC(C)C2. The highest BCUT2D eigenvalue weighted by atomic mass is 32.2. The Morgan fingerprint density at radius 2 is 2.10 bits per heavy atom. The van der Waals surface area contributed by atoms with Gasteiger partial charge in [0.1, 0.15) is 0 Å². The summed E-state index contributed by atoms with van der Waals surface area (Å²) in [4.78, 5) is 18.6. The standard InChI is InChI=1S/C15H22N2OS2/c1-3-19-15-16-12-9-10(2)20-13(12)14(18)17(15)11-7-5-4-6-8-11/h10-11H,3-9H2,1-2H3. The van der Waals surface area contributed by atoms with E-state index in [4.69, 9.17) is 4.98 Å². The normalized spacial score (nSPS) is 23.0. The lowest BCUT2D eigenvalue weighted by Crippen LogP contribution is -2.30. The highest BCUT2D eigenvalue weighted by Gasteiger charge is 2.29. The molecule has 0 N–H and O–H groups in total. The summed E-state index contributed by atoms with van der Waals surface area (Å²) in [6, 6.07) is 0.375. The third kappa shape index (κ3) is 2.67. The fourth-order valence-electron chi connectivity index (χ4n) is 3.20. The second-order valence-electron chi connectivity index (χ2n) is 5.70. The smallest absolute Gasteiger partial charge is 0.268 e. The summed E-state index contributed by atoms with van der Waals surface area (Å²) in [5, 5.41) is 1.45. The van der Waals surface area contributed by atoms with Gasteiger partial charge in [0.2, 0.25) is 0 Å². The molecule has 3 nitrogen and oxygen atoms in total. The van der Waals surface area contributed by atoms with Gasteiger partial charge < -0.3 is 0 Å². The molecule has 3 rings (SSSR count). The van der Waals surface area contributed by atoms with Crippen LogP contribution >= 0.6 is 23.5 Å². The van der Waals surface area contributed by atoms with Gasteiger partial charge in [0.15, 0.2) is 5.16 Å². The van der Waals surface area contributed by atoms with Crippen LogP contribution in [0.3, 0.4) is 0 Å². The van der Waals surface area contributed by atoms with E-state index in [0.29, 0.717) is 11.3 Å². The minimum Gasteiger partial charge on any atom is -0.284 e. The Balaban J connectivity index is 2.06. The Hall–Kier alpha value is -0.420. The highest BCUT2D eigenvalue weighted by Crippen LogP contribution is 2.36. The van der Waals surface area contributed by atoms with Crippen molar-refractivity contribution in [1.82, 2.24) is 9.55 Å². The van der Waals surface area contributed by atoms with Crippen molar-refractivity contribution in [2.45, 2.75) is 73.7 Å². The van der Waals surface area contributed by atoms with Crippen molar-refractivity contribution in [3.63, 3.8) is 0 Å². The summed E-state index contributed by atoms with van der Waals surface area (Å²) in [5.41, 5.74) is 1.27. The number of aromatic nitrogens is 2. The van der Waals surface area contributed by atoms with Crippen molar-refractivity contribution in [2.75, 3.05) is 5.75 Å². The van der Waals surface area contributed by atoms with Crippen LogP contribution in [0, 0.1) is 0 Å². The highest BCUT2D eigenvalue weighted by molar-refractivity contribution is 8.00. The number of thioether (sulfide) groups is 2. The van der Waals surface area contributed by atoms with Crippen molar-refractivity contribution in [3.05, 3.63) is 16.0 Å². The van der Waals surface area contributed by atoms with Crippen LogP contribution in [0.15, 0.2) is 14.8 Å². The lowest BCUT2D eigenvalue weighted by atomic mass is 9.95. The van der Waals surface area contributed by atoms with E-state index in [0.717, 1.165) is 40.8 Å². The zero-order valence-electron chi connectivity index (χ0n) is 12.2. The number of hydrogen-bond donors (Lipinski definition) is 0. The van der Waals surface area contributed by atoms with Crippen LogP contribution in [-0.2, 0) is 6.42 Å². The fourth-order valence-corrected chi connectivity index (χ4v) is 5.12. The molecule has 0 saturated heterocycles. The number of rotatable bonds is 3. The predicted octanol–water partition coefficient (Wildman–Crippen LogP) is 3.90. The van der Waals surface area contributed by atoms with E-state index in [1.54, 1.807) is 23.5 Å². The van der Waals surface area contributed by atoms with Gasteiger partial charge in [-0.1, -0.05) is 44.9 Å². The molecule has 1 aromatic rings. The molecule has 2 heterocycles. The molecule has 1 aliphatic heterocycles. The number of hydrogen-bond acceptors (Lipinski definition) is 4. The Morgan fingerprint density at radius 1 is 1.35 bits per heavy atom.